The number of hydrogen-bond acceptors (Lipinski definition) is 5. The van der Waals surface area contributed by atoms with E-state index in [1.54, 1.807) is 36.4 Å². The highest BCUT2D eigenvalue weighted by molar-refractivity contribution is 7.89. The summed E-state index contributed by atoms with van der Waals surface area (Å²) in [5.74, 6) is 0.508. The number of methoxy groups -OCH3 is 1. The quantitative estimate of drug-likeness (QED) is 0.164. The first kappa shape index (κ1) is 31.0. The number of carbonyl (C=O) groups is 1. The Morgan fingerprint density at radius 3 is 2.41 bits per heavy atom. The lowest BCUT2D eigenvalue weighted by molar-refractivity contribution is -0.132. The number of para-hydroxylation sites is 1. The molecule has 0 fully saturated rings. The molecule has 0 radical (unpaired) electrons. The fraction of sp³-hybridized carbons (Fsp3) is 0.257. The summed E-state index contributed by atoms with van der Waals surface area (Å²) in [5, 5.41) is 0.729. The zero-order valence-electron chi connectivity index (χ0n) is 25.3. The first-order valence-electron chi connectivity index (χ1n) is 14.7. The summed E-state index contributed by atoms with van der Waals surface area (Å²) in [5.41, 5.74) is 3.37. The maximum atomic E-state index is 14.1. The largest absolute Gasteiger partial charge is 0.497 e. The number of benzene rings is 3. The van der Waals surface area contributed by atoms with Crippen molar-refractivity contribution in [3.63, 3.8) is 0 Å². The van der Waals surface area contributed by atoms with Gasteiger partial charge >= 0.3 is 0 Å². The average Bonchev–Trinajstić information content (AvgIpc) is 3.46. The van der Waals surface area contributed by atoms with Gasteiger partial charge in [-0.05, 0) is 53.4 Å². The van der Waals surface area contributed by atoms with Crippen LogP contribution >= 0.6 is 0 Å². The van der Waals surface area contributed by atoms with Gasteiger partial charge in [0.15, 0.2) is 0 Å². The second kappa shape index (κ2) is 13.9. The number of sulfonamides is 1. The van der Waals surface area contributed by atoms with Crippen molar-refractivity contribution in [2.75, 3.05) is 20.2 Å². The van der Waals surface area contributed by atoms with Crippen molar-refractivity contribution in [3.05, 3.63) is 126 Å². The Morgan fingerprint density at radius 1 is 0.886 bits per heavy atom. The molecule has 0 spiro atoms. The number of amides is 1. The molecule has 228 valence electrons. The zero-order chi connectivity index (χ0) is 31.1. The molecule has 8 nitrogen and oxygen atoms in total. The molecule has 1 amide bonds. The number of aromatic nitrogens is 2. The van der Waals surface area contributed by atoms with E-state index in [0.717, 1.165) is 28.0 Å². The van der Waals surface area contributed by atoms with Crippen LogP contribution in [0, 0.1) is 5.92 Å². The van der Waals surface area contributed by atoms with Gasteiger partial charge in [-0.25, -0.2) is 8.42 Å². The fourth-order valence-corrected chi connectivity index (χ4v) is 6.99. The molecule has 9 heteroatoms. The number of fused-ring (bicyclic) bond motifs is 1. The molecule has 44 heavy (non-hydrogen) atoms. The minimum absolute atomic E-state index is 0.00294. The molecule has 0 aliphatic heterocycles. The van der Waals surface area contributed by atoms with Crippen LogP contribution in [0.4, 0.5) is 0 Å². The van der Waals surface area contributed by atoms with Crippen LogP contribution in [0.5, 0.6) is 5.75 Å². The standard InChI is InChI=1S/C35H38N4O4S/c1-27(2)22-39(44(41,42)33-18-8-14-30-15-9-19-36-35(30)33)26-34(40)38(23-28-11-5-4-6-12-28)25-31-16-10-20-37(31)24-29-13-7-17-32(21-29)43-3/h4-21,27H,22-26H2,1-3H3. The van der Waals surface area contributed by atoms with Gasteiger partial charge in [-0.3, -0.25) is 9.78 Å². The Kier molecular flexibility index (Phi) is 9.77. The van der Waals surface area contributed by atoms with Crippen LogP contribution in [0.3, 0.4) is 0 Å². The van der Waals surface area contributed by atoms with Crippen molar-refractivity contribution < 1.29 is 17.9 Å². The molecule has 2 aromatic heterocycles. The van der Waals surface area contributed by atoms with Crippen LogP contribution in [0.2, 0.25) is 0 Å². The van der Waals surface area contributed by atoms with E-state index < -0.39 is 10.0 Å². The Bertz CT molecular complexity index is 1810. The van der Waals surface area contributed by atoms with Crippen LogP contribution in [-0.2, 0) is 34.5 Å². The van der Waals surface area contributed by atoms with Gasteiger partial charge in [-0.2, -0.15) is 4.31 Å². The van der Waals surface area contributed by atoms with Gasteiger partial charge in [0.25, 0.3) is 0 Å². The molecule has 2 heterocycles. The smallest absolute Gasteiger partial charge is 0.245 e. The zero-order valence-corrected chi connectivity index (χ0v) is 26.2. The van der Waals surface area contributed by atoms with Gasteiger partial charge < -0.3 is 14.2 Å². The Hall–Kier alpha value is -4.47. The molecule has 0 unspecified atom stereocenters. The van der Waals surface area contributed by atoms with Crippen molar-refractivity contribution in [1.29, 1.82) is 0 Å². The third-order valence-electron chi connectivity index (χ3n) is 7.43. The molecule has 0 N–H and O–H groups in total. The van der Waals surface area contributed by atoms with E-state index in [9.17, 15) is 13.2 Å². The predicted molar refractivity (Wildman–Crippen MR) is 173 cm³/mol. The molecule has 0 saturated carbocycles. The van der Waals surface area contributed by atoms with Crippen molar-refractivity contribution in [2.24, 2.45) is 5.92 Å². The van der Waals surface area contributed by atoms with Gasteiger partial charge in [0.2, 0.25) is 15.9 Å². The second-order valence-electron chi connectivity index (χ2n) is 11.2. The maximum absolute atomic E-state index is 14.1. The van der Waals surface area contributed by atoms with Gasteiger partial charge in [0.05, 0.1) is 25.7 Å². The third kappa shape index (κ3) is 7.35. The van der Waals surface area contributed by atoms with Crippen molar-refractivity contribution in [3.8, 4) is 5.75 Å². The van der Waals surface area contributed by atoms with Crippen molar-refractivity contribution in [1.82, 2.24) is 18.8 Å². The van der Waals surface area contributed by atoms with Crippen LogP contribution < -0.4 is 4.74 Å². The molecule has 5 aromatic rings. The highest BCUT2D eigenvalue weighted by atomic mass is 32.2. The first-order chi connectivity index (χ1) is 21.2. The van der Waals surface area contributed by atoms with Crippen molar-refractivity contribution >= 4 is 26.8 Å². The van der Waals surface area contributed by atoms with Gasteiger partial charge in [0, 0.05) is 43.1 Å². The Balaban J connectivity index is 1.45. The predicted octanol–water partition coefficient (Wildman–Crippen LogP) is 5.97. The monoisotopic (exact) mass is 610 g/mol. The molecule has 0 saturated heterocycles. The maximum Gasteiger partial charge on any atom is 0.245 e. The summed E-state index contributed by atoms with van der Waals surface area (Å²) in [7, 11) is -2.39. The Labute approximate surface area is 259 Å². The SMILES string of the molecule is COc1cccc(Cn2cccc2CN(Cc2ccccc2)C(=O)CN(CC(C)C)S(=O)(=O)c2cccc3cccnc23)c1. The van der Waals surface area contributed by atoms with Gasteiger partial charge in [-0.1, -0.05) is 74.5 Å². The normalized spacial score (nSPS) is 11.8. The topological polar surface area (TPSA) is 84.7 Å². The second-order valence-corrected chi connectivity index (χ2v) is 13.1. The number of nitrogens with zero attached hydrogens (tertiary/aromatic N) is 4. The average molecular weight is 611 g/mol. The van der Waals surface area contributed by atoms with Crippen LogP contribution in [0.15, 0.2) is 114 Å². The molecule has 0 aliphatic rings. The first-order valence-corrected chi connectivity index (χ1v) is 16.1. The number of carbonyl (C=O) groups excluding carboxylic acids is 1. The minimum atomic E-state index is -4.04. The summed E-state index contributed by atoms with van der Waals surface area (Å²) >= 11 is 0. The lowest BCUT2D eigenvalue weighted by Crippen LogP contribution is -2.44. The third-order valence-corrected chi connectivity index (χ3v) is 9.27. The molecular weight excluding hydrogens is 572 g/mol. The molecule has 0 atom stereocenters. The van der Waals surface area contributed by atoms with Crippen LogP contribution in [-0.4, -0.2) is 53.3 Å². The summed E-state index contributed by atoms with van der Waals surface area (Å²) in [4.78, 5) is 20.3. The fourth-order valence-electron chi connectivity index (χ4n) is 5.28. The molecule has 0 aliphatic carbocycles. The molecule has 5 rings (SSSR count). The van der Waals surface area contributed by atoms with E-state index in [4.69, 9.17) is 4.74 Å². The highest BCUT2D eigenvalue weighted by Crippen LogP contribution is 2.25. The van der Waals surface area contributed by atoms with Crippen LogP contribution in [0.25, 0.3) is 10.9 Å². The van der Waals surface area contributed by atoms with E-state index in [1.807, 2.05) is 98.9 Å². The summed E-state index contributed by atoms with van der Waals surface area (Å²) in [6.45, 7) is 5.07. The number of pyridine rings is 1. The van der Waals surface area contributed by atoms with E-state index >= 15 is 0 Å². The lowest BCUT2D eigenvalue weighted by atomic mass is 10.2. The van der Waals surface area contributed by atoms with E-state index in [0.29, 0.717) is 25.2 Å². The number of ether oxygens (including phenoxy) is 1. The van der Waals surface area contributed by atoms with E-state index in [2.05, 4.69) is 9.55 Å². The van der Waals surface area contributed by atoms with Crippen molar-refractivity contribution in [2.45, 2.75) is 38.4 Å². The summed E-state index contributed by atoms with van der Waals surface area (Å²) < 4.78 is 37.0. The summed E-state index contributed by atoms with van der Waals surface area (Å²) in [6, 6.07) is 30.3. The van der Waals surface area contributed by atoms with Crippen LogP contribution in [0.1, 0.15) is 30.7 Å². The Morgan fingerprint density at radius 2 is 1.64 bits per heavy atom. The molecular formula is C35H38N4O4S. The minimum Gasteiger partial charge on any atom is -0.497 e. The molecule has 3 aromatic carbocycles. The summed E-state index contributed by atoms with van der Waals surface area (Å²) in [6.07, 6.45) is 3.57. The number of hydrogen-bond donors (Lipinski definition) is 0. The molecule has 0 bridgehead atoms. The van der Waals surface area contributed by atoms with E-state index in [-0.39, 0.29) is 29.8 Å². The van der Waals surface area contributed by atoms with E-state index in [1.165, 1.54) is 4.31 Å². The number of rotatable bonds is 13. The lowest BCUT2D eigenvalue weighted by Gasteiger charge is -2.29. The van der Waals surface area contributed by atoms with Gasteiger partial charge in [-0.15, -0.1) is 0 Å². The highest BCUT2D eigenvalue weighted by Gasteiger charge is 2.31. The van der Waals surface area contributed by atoms with Gasteiger partial charge in [0.1, 0.15) is 10.6 Å².